The first kappa shape index (κ1) is 18.8. The van der Waals surface area contributed by atoms with Crippen molar-refractivity contribution in [2.45, 2.75) is 0 Å². The van der Waals surface area contributed by atoms with E-state index >= 15 is 0 Å². The molecule has 27 heavy (non-hydrogen) atoms. The number of rotatable bonds is 4. The lowest BCUT2D eigenvalue weighted by Gasteiger charge is -2.13. The lowest BCUT2D eigenvalue weighted by atomic mass is 10.2. The molecule has 6 nitrogen and oxygen atoms in total. The van der Waals surface area contributed by atoms with Gasteiger partial charge in [-0.05, 0) is 48.6 Å². The maximum Gasteiger partial charge on any atom is 0.305 e. The Kier molecular flexibility index (Phi) is 5.95. The number of para-hydroxylation sites is 2. The highest BCUT2D eigenvalue weighted by atomic mass is 35.5. The van der Waals surface area contributed by atoms with Gasteiger partial charge in [-0.2, -0.15) is 0 Å². The van der Waals surface area contributed by atoms with Crippen molar-refractivity contribution in [2.24, 2.45) is 0 Å². The molecule has 138 valence electrons. The van der Waals surface area contributed by atoms with E-state index < -0.39 is 5.91 Å². The van der Waals surface area contributed by atoms with E-state index in [-0.39, 0.29) is 10.9 Å². The van der Waals surface area contributed by atoms with Crippen LogP contribution >= 0.6 is 23.8 Å². The Morgan fingerprint density at radius 3 is 2.56 bits per heavy atom. The summed E-state index contributed by atoms with van der Waals surface area (Å²) in [7, 11) is 1.56. The second-order valence-corrected chi connectivity index (χ2v) is 6.19. The molecule has 0 saturated carbocycles. The number of hydrogen-bond donors (Lipinski definition) is 3. The number of hydrogen-bond acceptors (Lipinski definition) is 4. The molecule has 0 fully saturated rings. The molecule has 0 bridgehead atoms. The molecule has 0 aliphatic rings. The van der Waals surface area contributed by atoms with Gasteiger partial charge >= 0.3 is 5.91 Å². The molecule has 3 N–H and O–H groups in total. The molecule has 2 aromatic carbocycles. The number of carbonyl (C=O) groups is 1. The summed E-state index contributed by atoms with van der Waals surface area (Å²) < 4.78 is 10.8. The Bertz CT molecular complexity index is 974. The summed E-state index contributed by atoms with van der Waals surface area (Å²) in [5, 5.41) is 3.68. The van der Waals surface area contributed by atoms with Gasteiger partial charge in [-0.25, -0.2) is 0 Å². The first-order valence-electron chi connectivity index (χ1n) is 7.93. The number of anilines is 1. The number of ether oxygens (including phenoxy) is 1. The number of furan rings is 1. The maximum absolute atomic E-state index is 12.2. The Morgan fingerprint density at radius 1 is 1.04 bits per heavy atom. The van der Waals surface area contributed by atoms with Crippen LogP contribution in [0.3, 0.4) is 0 Å². The van der Waals surface area contributed by atoms with Crippen LogP contribution in [0.2, 0.25) is 5.02 Å². The van der Waals surface area contributed by atoms with Crippen LogP contribution in [0.15, 0.2) is 65.1 Å². The second-order valence-electron chi connectivity index (χ2n) is 5.38. The first-order valence-corrected chi connectivity index (χ1v) is 8.72. The second kappa shape index (κ2) is 8.57. The lowest BCUT2D eigenvalue weighted by Crippen LogP contribution is -2.43. The zero-order valence-electron chi connectivity index (χ0n) is 14.3. The van der Waals surface area contributed by atoms with Crippen molar-refractivity contribution in [3.05, 3.63) is 71.4 Å². The van der Waals surface area contributed by atoms with Gasteiger partial charge in [0.25, 0.3) is 0 Å². The van der Waals surface area contributed by atoms with Crippen LogP contribution in [0.1, 0.15) is 10.6 Å². The van der Waals surface area contributed by atoms with E-state index in [1.807, 2.05) is 30.3 Å². The quantitative estimate of drug-likeness (QED) is 0.448. The molecule has 0 aliphatic heterocycles. The van der Waals surface area contributed by atoms with Gasteiger partial charge < -0.3 is 14.5 Å². The van der Waals surface area contributed by atoms with Crippen molar-refractivity contribution >= 4 is 40.5 Å². The molecule has 1 aromatic heterocycles. The molecule has 3 rings (SSSR count). The van der Waals surface area contributed by atoms with Gasteiger partial charge in [0.05, 0.1) is 17.8 Å². The highest BCUT2D eigenvalue weighted by Gasteiger charge is 2.14. The van der Waals surface area contributed by atoms with Gasteiger partial charge in [0, 0.05) is 5.56 Å². The van der Waals surface area contributed by atoms with Crippen LogP contribution < -0.4 is 20.9 Å². The molecule has 0 spiro atoms. The summed E-state index contributed by atoms with van der Waals surface area (Å²) >= 11 is 11.3. The molecule has 1 amide bonds. The van der Waals surface area contributed by atoms with Gasteiger partial charge in [0.2, 0.25) is 0 Å². The van der Waals surface area contributed by atoms with Crippen LogP contribution in [-0.2, 0) is 0 Å². The van der Waals surface area contributed by atoms with E-state index in [0.717, 1.165) is 0 Å². The highest BCUT2D eigenvalue weighted by Crippen LogP contribution is 2.29. The molecule has 0 saturated heterocycles. The van der Waals surface area contributed by atoms with Crippen molar-refractivity contribution in [3.8, 4) is 17.1 Å². The van der Waals surface area contributed by atoms with Crippen LogP contribution in [0.25, 0.3) is 11.3 Å². The summed E-state index contributed by atoms with van der Waals surface area (Å²) in [6, 6.07) is 17.7. The number of carbonyl (C=O) groups excluding carboxylic acids is 1. The van der Waals surface area contributed by atoms with Gasteiger partial charge in [-0.1, -0.05) is 35.9 Å². The van der Waals surface area contributed by atoms with Crippen LogP contribution in [-0.4, -0.2) is 18.1 Å². The van der Waals surface area contributed by atoms with Crippen molar-refractivity contribution in [1.29, 1.82) is 0 Å². The standard InChI is InChI=1S/C19H16ClN3O3S/c1-25-16-9-5-4-8-14(16)21-19(27)23-22-18(24)17-11-10-15(26-17)12-6-2-3-7-13(12)20/h2-11H,1H3,(H,22,24)(H2,21,23,27). The monoisotopic (exact) mass is 401 g/mol. The topological polar surface area (TPSA) is 75.5 Å². The van der Waals surface area contributed by atoms with Crippen LogP contribution in [0.4, 0.5) is 5.69 Å². The van der Waals surface area contributed by atoms with E-state index in [2.05, 4.69) is 16.2 Å². The summed E-state index contributed by atoms with van der Waals surface area (Å²) in [5.41, 5.74) is 6.48. The third-order valence-corrected chi connectivity index (χ3v) is 4.15. The van der Waals surface area contributed by atoms with Crippen molar-refractivity contribution < 1.29 is 13.9 Å². The average Bonchev–Trinajstić information content (AvgIpc) is 3.17. The first-order chi connectivity index (χ1) is 13.1. The average molecular weight is 402 g/mol. The summed E-state index contributed by atoms with van der Waals surface area (Å²) in [4.78, 5) is 12.2. The molecule has 8 heteroatoms. The number of methoxy groups -OCH3 is 1. The van der Waals surface area contributed by atoms with Crippen LogP contribution in [0, 0.1) is 0 Å². The van der Waals surface area contributed by atoms with Crippen molar-refractivity contribution in [2.75, 3.05) is 12.4 Å². The third kappa shape index (κ3) is 4.58. The fourth-order valence-corrected chi connectivity index (χ4v) is 2.73. The van der Waals surface area contributed by atoms with E-state index in [1.165, 1.54) is 0 Å². The SMILES string of the molecule is COc1ccccc1NC(=S)NNC(=O)c1ccc(-c2ccccc2Cl)o1. The minimum absolute atomic E-state index is 0.123. The summed E-state index contributed by atoms with van der Waals surface area (Å²) in [6.45, 7) is 0. The zero-order valence-corrected chi connectivity index (χ0v) is 15.9. The molecule has 1 heterocycles. The fourth-order valence-electron chi connectivity index (χ4n) is 2.34. The Balaban J connectivity index is 1.60. The highest BCUT2D eigenvalue weighted by molar-refractivity contribution is 7.80. The lowest BCUT2D eigenvalue weighted by molar-refractivity contribution is 0.0917. The predicted octanol–water partition coefficient (Wildman–Crippen LogP) is 4.24. The van der Waals surface area contributed by atoms with Crippen molar-refractivity contribution in [3.63, 3.8) is 0 Å². The molecular weight excluding hydrogens is 386 g/mol. The van der Waals surface area contributed by atoms with Gasteiger partial charge in [0.1, 0.15) is 11.5 Å². The van der Waals surface area contributed by atoms with Gasteiger partial charge in [0.15, 0.2) is 10.9 Å². The molecule has 0 radical (unpaired) electrons. The Morgan fingerprint density at radius 2 is 1.78 bits per heavy atom. The normalized spacial score (nSPS) is 10.1. The van der Waals surface area contributed by atoms with Gasteiger partial charge in [-0.15, -0.1) is 0 Å². The zero-order chi connectivity index (χ0) is 19.2. The molecular formula is C19H16ClN3O3S. The minimum atomic E-state index is -0.475. The molecule has 3 aromatic rings. The molecule has 0 aliphatic carbocycles. The number of nitrogens with one attached hydrogen (secondary N) is 3. The van der Waals surface area contributed by atoms with E-state index in [0.29, 0.717) is 27.8 Å². The minimum Gasteiger partial charge on any atom is -0.495 e. The Labute approximate surface area is 166 Å². The largest absolute Gasteiger partial charge is 0.495 e. The number of hydrazine groups is 1. The predicted molar refractivity (Wildman–Crippen MR) is 109 cm³/mol. The summed E-state index contributed by atoms with van der Waals surface area (Å²) in [5.74, 6) is 0.777. The van der Waals surface area contributed by atoms with E-state index in [1.54, 1.807) is 37.4 Å². The van der Waals surface area contributed by atoms with Crippen LogP contribution in [0.5, 0.6) is 5.75 Å². The third-order valence-electron chi connectivity index (χ3n) is 3.61. The Hall–Kier alpha value is -3.03. The number of benzene rings is 2. The number of thiocarbonyl (C=S) groups is 1. The fraction of sp³-hybridized carbons (Fsp3) is 0.0526. The summed E-state index contributed by atoms with van der Waals surface area (Å²) in [6.07, 6.45) is 0. The number of halogens is 1. The number of amides is 1. The molecule has 0 atom stereocenters. The molecule has 0 unspecified atom stereocenters. The van der Waals surface area contributed by atoms with E-state index in [9.17, 15) is 4.79 Å². The van der Waals surface area contributed by atoms with E-state index in [4.69, 9.17) is 33.0 Å². The smallest absolute Gasteiger partial charge is 0.305 e. The maximum atomic E-state index is 12.2. The van der Waals surface area contributed by atoms with Gasteiger partial charge in [-0.3, -0.25) is 15.6 Å². The van der Waals surface area contributed by atoms with Crippen molar-refractivity contribution in [1.82, 2.24) is 10.9 Å².